The van der Waals surface area contributed by atoms with Crippen molar-refractivity contribution in [2.75, 3.05) is 10.6 Å². The van der Waals surface area contributed by atoms with Gasteiger partial charge in [-0.3, -0.25) is 19.7 Å². The molecule has 9 heteroatoms. The standard InChI is InChI=1S/C20H15ClN4O4/c1-12(26)23-14-7-8-16(21)17(11-14)24-20(27)15-9-10-22-18(19(15)25(28)29)13-5-3-2-4-6-13/h2-11H,1H3,(H,23,26)(H,24,27). The first-order valence-electron chi connectivity index (χ1n) is 8.44. The van der Waals surface area contributed by atoms with Crippen LogP contribution in [-0.2, 0) is 4.79 Å². The first-order chi connectivity index (χ1) is 13.9. The van der Waals surface area contributed by atoms with Gasteiger partial charge in [0.15, 0.2) is 0 Å². The van der Waals surface area contributed by atoms with Crippen LogP contribution in [0.3, 0.4) is 0 Å². The van der Waals surface area contributed by atoms with Crippen molar-refractivity contribution in [1.82, 2.24) is 4.98 Å². The van der Waals surface area contributed by atoms with E-state index >= 15 is 0 Å². The number of amides is 2. The van der Waals surface area contributed by atoms with Gasteiger partial charge in [-0.05, 0) is 24.3 Å². The minimum Gasteiger partial charge on any atom is -0.326 e. The van der Waals surface area contributed by atoms with Crippen LogP contribution in [0.25, 0.3) is 11.3 Å². The molecular formula is C20H15ClN4O4. The molecule has 0 saturated heterocycles. The highest BCUT2D eigenvalue weighted by molar-refractivity contribution is 6.34. The zero-order valence-electron chi connectivity index (χ0n) is 15.2. The molecule has 0 aliphatic rings. The quantitative estimate of drug-likeness (QED) is 0.474. The van der Waals surface area contributed by atoms with Gasteiger partial charge in [0, 0.05) is 24.4 Å². The highest BCUT2D eigenvalue weighted by atomic mass is 35.5. The van der Waals surface area contributed by atoms with Crippen LogP contribution in [0.15, 0.2) is 60.8 Å². The van der Waals surface area contributed by atoms with E-state index in [2.05, 4.69) is 15.6 Å². The normalized spacial score (nSPS) is 10.3. The van der Waals surface area contributed by atoms with Crippen molar-refractivity contribution in [1.29, 1.82) is 0 Å². The van der Waals surface area contributed by atoms with Crippen molar-refractivity contribution in [3.05, 3.63) is 81.5 Å². The molecule has 0 aliphatic carbocycles. The summed E-state index contributed by atoms with van der Waals surface area (Å²) < 4.78 is 0. The van der Waals surface area contributed by atoms with Crippen LogP contribution in [0.5, 0.6) is 0 Å². The number of benzene rings is 2. The molecule has 3 rings (SSSR count). The molecule has 2 N–H and O–H groups in total. The number of anilines is 2. The van der Waals surface area contributed by atoms with Crippen LogP contribution in [0.4, 0.5) is 17.1 Å². The fourth-order valence-electron chi connectivity index (χ4n) is 2.72. The van der Waals surface area contributed by atoms with Crippen LogP contribution in [0.1, 0.15) is 17.3 Å². The lowest BCUT2D eigenvalue weighted by molar-refractivity contribution is -0.384. The third-order valence-corrected chi connectivity index (χ3v) is 4.26. The first-order valence-corrected chi connectivity index (χ1v) is 8.82. The Hall–Kier alpha value is -3.78. The minimum atomic E-state index is -0.724. The monoisotopic (exact) mass is 410 g/mol. The van der Waals surface area contributed by atoms with Gasteiger partial charge >= 0.3 is 5.69 Å². The third-order valence-electron chi connectivity index (χ3n) is 3.93. The molecule has 0 spiro atoms. The molecule has 0 aliphatic heterocycles. The maximum absolute atomic E-state index is 12.8. The maximum Gasteiger partial charge on any atom is 0.308 e. The van der Waals surface area contributed by atoms with Crippen molar-refractivity contribution in [2.45, 2.75) is 6.92 Å². The fourth-order valence-corrected chi connectivity index (χ4v) is 2.89. The number of pyridine rings is 1. The van der Waals surface area contributed by atoms with Crippen LogP contribution >= 0.6 is 11.6 Å². The lowest BCUT2D eigenvalue weighted by Crippen LogP contribution is -2.15. The smallest absolute Gasteiger partial charge is 0.308 e. The summed E-state index contributed by atoms with van der Waals surface area (Å²) in [6.45, 7) is 1.35. The number of hydrogen-bond donors (Lipinski definition) is 2. The van der Waals surface area contributed by atoms with Gasteiger partial charge in [-0.15, -0.1) is 0 Å². The molecule has 3 aromatic rings. The molecule has 0 radical (unpaired) electrons. The molecule has 146 valence electrons. The molecule has 0 bridgehead atoms. The van der Waals surface area contributed by atoms with Gasteiger partial charge in [0.05, 0.1) is 15.6 Å². The van der Waals surface area contributed by atoms with E-state index in [4.69, 9.17) is 11.6 Å². The SMILES string of the molecule is CC(=O)Nc1ccc(Cl)c(NC(=O)c2ccnc(-c3ccccc3)c2[N+](=O)[O-])c1. The Balaban J connectivity index is 2.00. The molecule has 8 nitrogen and oxygen atoms in total. The highest BCUT2D eigenvalue weighted by Gasteiger charge is 2.27. The molecule has 0 atom stereocenters. The Bertz CT molecular complexity index is 1100. The topological polar surface area (TPSA) is 114 Å². The van der Waals surface area contributed by atoms with Gasteiger partial charge in [0.1, 0.15) is 11.3 Å². The van der Waals surface area contributed by atoms with E-state index in [9.17, 15) is 19.7 Å². The van der Waals surface area contributed by atoms with E-state index in [1.165, 1.54) is 31.3 Å². The minimum absolute atomic E-state index is 0.0846. The molecule has 1 aromatic heterocycles. The molecular weight excluding hydrogens is 396 g/mol. The Morgan fingerprint density at radius 2 is 1.79 bits per heavy atom. The summed E-state index contributed by atoms with van der Waals surface area (Å²) in [5.74, 6) is -1.01. The van der Waals surface area contributed by atoms with Crippen LogP contribution in [0, 0.1) is 10.1 Å². The summed E-state index contributed by atoms with van der Waals surface area (Å²) in [5.41, 5.74) is 0.651. The van der Waals surface area contributed by atoms with Crippen molar-refractivity contribution < 1.29 is 14.5 Å². The Morgan fingerprint density at radius 1 is 1.07 bits per heavy atom. The number of nitrogens with zero attached hydrogens (tertiary/aromatic N) is 2. The lowest BCUT2D eigenvalue weighted by Gasteiger charge is -2.11. The van der Waals surface area contributed by atoms with Gasteiger partial charge in [0.25, 0.3) is 5.91 Å². The van der Waals surface area contributed by atoms with Gasteiger partial charge < -0.3 is 10.6 Å². The van der Waals surface area contributed by atoms with E-state index < -0.39 is 16.5 Å². The molecule has 0 unspecified atom stereocenters. The predicted molar refractivity (Wildman–Crippen MR) is 110 cm³/mol. The summed E-state index contributed by atoms with van der Waals surface area (Å²) in [6, 6.07) is 14.4. The summed E-state index contributed by atoms with van der Waals surface area (Å²) in [4.78, 5) is 39.2. The predicted octanol–water partition coefficient (Wildman–Crippen LogP) is 4.52. The van der Waals surface area contributed by atoms with Crippen LogP contribution < -0.4 is 10.6 Å². The summed E-state index contributed by atoms with van der Waals surface area (Å²) >= 11 is 6.12. The lowest BCUT2D eigenvalue weighted by atomic mass is 10.1. The van der Waals surface area contributed by atoms with E-state index in [0.717, 1.165) is 0 Å². The number of hydrogen-bond acceptors (Lipinski definition) is 5. The van der Waals surface area contributed by atoms with E-state index in [1.807, 2.05) is 0 Å². The number of halogens is 1. The van der Waals surface area contributed by atoms with E-state index in [1.54, 1.807) is 36.4 Å². The average Bonchev–Trinajstić information content (AvgIpc) is 2.70. The van der Waals surface area contributed by atoms with Gasteiger partial charge in [-0.25, -0.2) is 4.98 Å². The molecule has 29 heavy (non-hydrogen) atoms. The van der Waals surface area contributed by atoms with Crippen molar-refractivity contribution in [2.24, 2.45) is 0 Å². The second-order valence-corrected chi connectivity index (χ2v) is 6.42. The zero-order valence-corrected chi connectivity index (χ0v) is 15.9. The molecule has 0 saturated carbocycles. The first kappa shape index (κ1) is 20.0. The van der Waals surface area contributed by atoms with Crippen molar-refractivity contribution in [3.8, 4) is 11.3 Å². The number of carbonyl (C=O) groups is 2. The molecule has 2 amide bonds. The Morgan fingerprint density at radius 3 is 2.45 bits per heavy atom. The van der Waals surface area contributed by atoms with Gasteiger partial charge in [-0.1, -0.05) is 41.9 Å². The highest BCUT2D eigenvalue weighted by Crippen LogP contribution is 2.32. The van der Waals surface area contributed by atoms with Gasteiger partial charge in [0.2, 0.25) is 5.91 Å². The number of nitro groups is 1. The number of nitrogens with one attached hydrogen (secondary N) is 2. The van der Waals surface area contributed by atoms with E-state index in [0.29, 0.717) is 11.3 Å². The third kappa shape index (κ3) is 4.56. The van der Waals surface area contributed by atoms with Crippen LogP contribution in [0.2, 0.25) is 5.02 Å². The number of rotatable bonds is 5. The summed E-state index contributed by atoms with van der Waals surface area (Å²) in [5, 5.41) is 17.1. The largest absolute Gasteiger partial charge is 0.326 e. The average molecular weight is 411 g/mol. The summed E-state index contributed by atoms with van der Waals surface area (Å²) in [6.07, 6.45) is 1.33. The van der Waals surface area contributed by atoms with Crippen molar-refractivity contribution in [3.63, 3.8) is 0 Å². The maximum atomic E-state index is 12.8. The summed E-state index contributed by atoms with van der Waals surface area (Å²) in [7, 11) is 0. The molecule has 0 fully saturated rings. The second-order valence-electron chi connectivity index (χ2n) is 6.01. The second kappa shape index (κ2) is 8.49. The Kier molecular flexibility index (Phi) is 5.85. The fraction of sp³-hybridized carbons (Fsp3) is 0.0500. The molecule has 1 heterocycles. The van der Waals surface area contributed by atoms with Gasteiger partial charge in [-0.2, -0.15) is 0 Å². The Labute approximate surface area is 170 Å². The van der Waals surface area contributed by atoms with E-state index in [-0.39, 0.29) is 27.9 Å². The zero-order chi connectivity index (χ0) is 21.0. The van der Waals surface area contributed by atoms with Crippen molar-refractivity contribution >= 4 is 40.5 Å². The molecule has 2 aromatic carbocycles. The number of carbonyl (C=O) groups excluding carboxylic acids is 2. The number of aromatic nitrogens is 1. The van der Waals surface area contributed by atoms with Crippen LogP contribution in [-0.4, -0.2) is 21.7 Å².